The first-order valence-corrected chi connectivity index (χ1v) is 6.94. The van der Waals surface area contributed by atoms with Gasteiger partial charge in [-0.2, -0.15) is 0 Å². The topological polar surface area (TPSA) is 50.4 Å². The average molecular weight is 280 g/mol. The molecular weight excluding hydrogens is 264 g/mol. The van der Waals surface area contributed by atoms with Crippen LogP contribution in [0, 0.1) is 5.92 Å². The summed E-state index contributed by atoms with van der Waals surface area (Å²) in [7, 11) is 0. The summed E-state index contributed by atoms with van der Waals surface area (Å²) in [6.45, 7) is 1.71. The molecule has 3 rings (SSSR count). The van der Waals surface area contributed by atoms with Crippen LogP contribution < -0.4 is 0 Å². The Labute approximate surface area is 123 Å². The van der Waals surface area contributed by atoms with E-state index in [0.29, 0.717) is 6.42 Å². The molecule has 0 amide bonds. The van der Waals surface area contributed by atoms with Crippen molar-refractivity contribution >= 4 is 5.97 Å². The Kier molecular flexibility index (Phi) is 3.48. The van der Waals surface area contributed by atoms with Gasteiger partial charge in [0.1, 0.15) is 5.76 Å². The summed E-state index contributed by atoms with van der Waals surface area (Å²) in [6.07, 6.45) is 2.10. The molecule has 0 saturated carbocycles. The number of fused-ring (bicyclic) bond motifs is 1. The number of hydrogen-bond donors (Lipinski definition) is 1. The molecule has 1 aromatic carbocycles. The van der Waals surface area contributed by atoms with E-state index < -0.39 is 11.9 Å². The zero-order valence-corrected chi connectivity index (χ0v) is 11.7. The summed E-state index contributed by atoms with van der Waals surface area (Å²) in [5.74, 6) is -0.444. The van der Waals surface area contributed by atoms with Gasteiger partial charge in [-0.25, -0.2) is 0 Å². The van der Waals surface area contributed by atoms with E-state index in [1.54, 1.807) is 13.2 Å². The van der Waals surface area contributed by atoms with Crippen molar-refractivity contribution in [3.05, 3.63) is 60.4 Å². The lowest BCUT2D eigenvalue weighted by Crippen LogP contribution is -2.12. The van der Waals surface area contributed by atoms with E-state index >= 15 is 0 Å². The lowest BCUT2D eigenvalue weighted by atomic mass is 10.0. The molecule has 2 aliphatic rings. The monoisotopic (exact) mass is 280 g/mol. The fourth-order valence-corrected chi connectivity index (χ4v) is 2.59. The minimum atomic E-state index is -0.790. The lowest BCUT2D eigenvalue weighted by Gasteiger charge is -2.06. The molecule has 0 aromatic heterocycles. The van der Waals surface area contributed by atoms with Crippen LogP contribution in [0.3, 0.4) is 0 Å². The molecule has 0 bridgehead atoms. The fourth-order valence-electron chi connectivity index (χ4n) is 2.59. The van der Waals surface area contributed by atoms with Crippen molar-refractivity contribution in [3.63, 3.8) is 0 Å². The molecule has 106 valence electrons. The Morgan fingerprint density at radius 1 is 1.14 bits per heavy atom. The summed E-state index contributed by atoms with van der Waals surface area (Å²) in [6, 6.07) is 16.0. The van der Waals surface area contributed by atoms with E-state index in [-0.39, 0.29) is 0 Å². The highest BCUT2D eigenvalue weighted by Crippen LogP contribution is 2.39. The number of aliphatic carboxylic acids is 1. The fraction of sp³-hybridized carbons (Fsp3) is 0.167. The van der Waals surface area contributed by atoms with Gasteiger partial charge in [0.05, 0.1) is 12.2 Å². The Morgan fingerprint density at radius 3 is 2.62 bits per heavy atom. The van der Waals surface area contributed by atoms with Gasteiger partial charge in [-0.3, -0.25) is 4.79 Å². The van der Waals surface area contributed by atoms with Gasteiger partial charge in [0.15, 0.2) is 0 Å². The highest BCUT2D eigenvalue weighted by Gasteiger charge is 2.22. The molecule has 3 heteroatoms. The number of rotatable bonds is 4. The van der Waals surface area contributed by atoms with Crippen LogP contribution >= 0.6 is 0 Å². The Morgan fingerprint density at radius 2 is 1.90 bits per heavy atom. The minimum Gasteiger partial charge on any atom is -0.481 e. The average Bonchev–Trinajstić information content (AvgIpc) is 2.87. The summed E-state index contributed by atoms with van der Waals surface area (Å²) >= 11 is 0. The van der Waals surface area contributed by atoms with Gasteiger partial charge in [0, 0.05) is 5.56 Å². The second-order valence-corrected chi connectivity index (χ2v) is 5.25. The first kappa shape index (κ1) is 13.4. The third-order valence-electron chi connectivity index (χ3n) is 3.70. The third-order valence-corrected chi connectivity index (χ3v) is 3.70. The molecule has 21 heavy (non-hydrogen) atoms. The van der Waals surface area contributed by atoms with Gasteiger partial charge in [-0.05, 0) is 41.3 Å². The van der Waals surface area contributed by atoms with E-state index in [1.807, 2.05) is 48.5 Å². The minimum absolute atomic E-state index is 0.436. The van der Waals surface area contributed by atoms with Crippen LogP contribution in [0.1, 0.15) is 12.5 Å². The third kappa shape index (κ3) is 2.55. The second-order valence-electron chi connectivity index (χ2n) is 5.25. The summed E-state index contributed by atoms with van der Waals surface area (Å²) in [5.41, 5.74) is 4.16. The molecule has 3 nitrogen and oxygen atoms in total. The Hall–Kier alpha value is -2.55. The maximum Gasteiger partial charge on any atom is 0.306 e. The van der Waals surface area contributed by atoms with Gasteiger partial charge < -0.3 is 9.52 Å². The number of carbonyl (C=O) groups is 1. The van der Waals surface area contributed by atoms with Crippen LogP contribution in [-0.4, -0.2) is 11.1 Å². The first-order valence-electron chi connectivity index (χ1n) is 6.94. The first-order chi connectivity index (χ1) is 10.2. The summed E-state index contributed by atoms with van der Waals surface area (Å²) < 4.78 is 5.63. The molecule has 1 aliphatic heterocycles. The molecule has 1 aromatic rings. The number of benzene rings is 1. The summed E-state index contributed by atoms with van der Waals surface area (Å²) in [4.78, 5) is 11.1. The van der Waals surface area contributed by atoms with E-state index in [1.165, 1.54) is 0 Å². The van der Waals surface area contributed by atoms with Gasteiger partial charge in [0.2, 0.25) is 0 Å². The van der Waals surface area contributed by atoms with Crippen molar-refractivity contribution in [1.29, 1.82) is 0 Å². The van der Waals surface area contributed by atoms with E-state index in [9.17, 15) is 4.79 Å². The van der Waals surface area contributed by atoms with E-state index in [2.05, 4.69) is 0 Å². The standard InChI is InChI=1S/C18H16O3/c1-12(18(19)20)10-14-11-16(13-6-3-2-4-7-13)15-8-5-9-21-17(14)15/h2-9,11-12H,10H2,1H3,(H,19,20). The Balaban J connectivity index is 2.08. The lowest BCUT2D eigenvalue weighted by molar-refractivity contribution is -0.141. The van der Waals surface area contributed by atoms with Gasteiger partial charge >= 0.3 is 5.97 Å². The van der Waals surface area contributed by atoms with Crippen LogP contribution in [0.2, 0.25) is 0 Å². The van der Waals surface area contributed by atoms with Crippen molar-refractivity contribution in [1.82, 2.24) is 0 Å². The van der Waals surface area contributed by atoms with Crippen molar-refractivity contribution < 1.29 is 14.3 Å². The number of carboxylic acids is 1. The Bertz CT molecular complexity index is 727. The maximum atomic E-state index is 11.1. The molecule has 0 saturated heterocycles. The number of carboxylic acid groups (broad SMARTS) is 1. The van der Waals surface area contributed by atoms with E-state index in [4.69, 9.17) is 9.52 Å². The molecule has 1 atom stereocenters. The van der Waals surface area contributed by atoms with Crippen LogP contribution in [-0.2, 0) is 11.2 Å². The van der Waals surface area contributed by atoms with Crippen molar-refractivity contribution in [3.8, 4) is 22.5 Å². The van der Waals surface area contributed by atoms with Crippen LogP contribution in [0.15, 0.2) is 59.2 Å². The molecule has 1 heterocycles. The van der Waals surface area contributed by atoms with Crippen molar-refractivity contribution in [2.75, 3.05) is 0 Å². The molecule has 1 unspecified atom stereocenters. The van der Waals surface area contributed by atoms with Crippen LogP contribution in [0.25, 0.3) is 22.5 Å². The van der Waals surface area contributed by atoms with Crippen molar-refractivity contribution in [2.24, 2.45) is 5.92 Å². The molecule has 0 fully saturated rings. The highest BCUT2D eigenvalue weighted by molar-refractivity contribution is 5.86. The molecule has 1 aliphatic carbocycles. The number of hydrogen-bond acceptors (Lipinski definition) is 2. The normalized spacial score (nSPS) is 12.4. The molecular formula is C18H16O3. The second kappa shape index (κ2) is 5.44. The predicted molar refractivity (Wildman–Crippen MR) is 81.3 cm³/mol. The van der Waals surface area contributed by atoms with Crippen LogP contribution in [0.4, 0.5) is 0 Å². The predicted octanol–water partition coefficient (Wildman–Crippen LogP) is 4.31. The zero-order chi connectivity index (χ0) is 14.8. The molecule has 0 radical (unpaired) electrons. The van der Waals surface area contributed by atoms with E-state index in [0.717, 1.165) is 28.0 Å². The highest BCUT2D eigenvalue weighted by atomic mass is 16.4. The van der Waals surface area contributed by atoms with Crippen molar-refractivity contribution in [2.45, 2.75) is 13.3 Å². The van der Waals surface area contributed by atoms with Gasteiger partial charge in [0.25, 0.3) is 0 Å². The molecule has 1 N–H and O–H groups in total. The largest absolute Gasteiger partial charge is 0.481 e. The SMILES string of the molecule is CC(Cc1cc(-c2ccccc2)c2cccoc1-2)C(=O)O. The quantitative estimate of drug-likeness (QED) is 0.774. The van der Waals surface area contributed by atoms with Crippen LogP contribution in [0.5, 0.6) is 0 Å². The smallest absolute Gasteiger partial charge is 0.306 e. The maximum absolute atomic E-state index is 11.1. The molecule has 0 spiro atoms. The van der Waals surface area contributed by atoms with Gasteiger partial charge in [-0.1, -0.05) is 37.3 Å². The summed E-state index contributed by atoms with van der Waals surface area (Å²) in [5, 5.41) is 9.11. The zero-order valence-electron chi connectivity index (χ0n) is 11.7. The van der Waals surface area contributed by atoms with Gasteiger partial charge in [-0.15, -0.1) is 0 Å².